The van der Waals surface area contributed by atoms with Crippen LogP contribution < -0.4 is 5.56 Å². The summed E-state index contributed by atoms with van der Waals surface area (Å²) in [5, 5.41) is 19.9. The van der Waals surface area contributed by atoms with E-state index in [-0.39, 0.29) is 33.1 Å². The summed E-state index contributed by atoms with van der Waals surface area (Å²) in [7, 11) is 0. The number of carbonyl (C=O) groups is 1. The monoisotopic (exact) mass is 462 g/mol. The van der Waals surface area contributed by atoms with E-state index >= 15 is 0 Å². The van der Waals surface area contributed by atoms with Gasteiger partial charge in [-0.2, -0.15) is 5.26 Å². The molecular formula is C19H9BrCl2N2O3. The molecule has 0 spiro atoms. The molecule has 0 aliphatic carbocycles. The molecule has 0 atom stereocenters. The van der Waals surface area contributed by atoms with Crippen LogP contribution in [0.3, 0.4) is 0 Å². The molecule has 0 saturated carbocycles. The second-order valence-corrected chi connectivity index (χ2v) is 7.28. The van der Waals surface area contributed by atoms with Gasteiger partial charge in [-0.1, -0.05) is 39.1 Å². The van der Waals surface area contributed by atoms with Gasteiger partial charge in [0.05, 0.1) is 16.3 Å². The summed E-state index contributed by atoms with van der Waals surface area (Å²) in [6, 6.07) is 11.9. The van der Waals surface area contributed by atoms with Crippen LogP contribution in [0.4, 0.5) is 0 Å². The van der Waals surface area contributed by atoms with Crippen LogP contribution >= 0.6 is 39.1 Å². The number of rotatable bonds is 3. The lowest BCUT2D eigenvalue weighted by molar-refractivity contribution is 0.103. The maximum atomic E-state index is 12.9. The Morgan fingerprint density at radius 2 is 1.89 bits per heavy atom. The number of benzene rings is 2. The van der Waals surface area contributed by atoms with Crippen molar-refractivity contribution in [3.05, 3.63) is 90.2 Å². The molecule has 3 rings (SSSR count). The van der Waals surface area contributed by atoms with Crippen molar-refractivity contribution in [2.24, 2.45) is 0 Å². The van der Waals surface area contributed by atoms with E-state index < -0.39 is 11.3 Å². The van der Waals surface area contributed by atoms with E-state index in [0.717, 1.165) is 4.57 Å². The Kier molecular flexibility index (Phi) is 5.38. The fourth-order valence-corrected chi connectivity index (χ4v) is 3.35. The number of carbonyl (C=O) groups excluding carboxylic acids is 1. The molecule has 0 radical (unpaired) electrons. The quantitative estimate of drug-likeness (QED) is 0.570. The summed E-state index contributed by atoms with van der Waals surface area (Å²) in [4.78, 5) is 25.4. The van der Waals surface area contributed by atoms with E-state index in [4.69, 9.17) is 23.2 Å². The Balaban J connectivity index is 2.24. The number of aromatic nitrogens is 1. The molecule has 0 unspecified atom stereocenters. The third-order valence-electron chi connectivity index (χ3n) is 3.77. The minimum Gasteiger partial charge on any atom is -0.507 e. The number of phenolic OH excluding ortho intramolecular Hbond substituents is 1. The number of hydrogen-bond acceptors (Lipinski definition) is 4. The van der Waals surface area contributed by atoms with E-state index in [1.165, 1.54) is 42.6 Å². The van der Waals surface area contributed by atoms with Crippen molar-refractivity contribution in [2.45, 2.75) is 0 Å². The summed E-state index contributed by atoms with van der Waals surface area (Å²) in [5.41, 5.74) is -0.514. The summed E-state index contributed by atoms with van der Waals surface area (Å²) in [6.07, 6.45) is 1.28. The predicted octanol–water partition coefficient (Wildman–Crippen LogP) is 4.72. The van der Waals surface area contributed by atoms with Crippen molar-refractivity contribution < 1.29 is 9.90 Å². The minimum absolute atomic E-state index is 0.0284. The highest BCUT2D eigenvalue weighted by Crippen LogP contribution is 2.26. The van der Waals surface area contributed by atoms with Crippen molar-refractivity contribution in [3.8, 4) is 17.5 Å². The van der Waals surface area contributed by atoms with Gasteiger partial charge in [-0.05, 0) is 42.5 Å². The smallest absolute Gasteiger partial charge is 0.273 e. The van der Waals surface area contributed by atoms with E-state index in [9.17, 15) is 20.0 Å². The molecule has 0 bridgehead atoms. The number of phenols is 1. The predicted molar refractivity (Wildman–Crippen MR) is 106 cm³/mol. The molecule has 3 aromatic rings. The lowest BCUT2D eigenvalue weighted by Gasteiger charge is -2.11. The van der Waals surface area contributed by atoms with Crippen LogP contribution in [0.25, 0.3) is 5.69 Å². The number of ketones is 1. The second-order valence-electron chi connectivity index (χ2n) is 5.52. The normalized spacial score (nSPS) is 10.4. The topological polar surface area (TPSA) is 83.1 Å². The number of pyridine rings is 1. The third kappa shape index (κ3) is 3.76. The minimum atomic E-state index is -0.628. The van der Waals surface area contributed by atoms with Crippen molar-refractivity contribution in [1.29, 1.82) is 5.26 Å². The Bertz CT molecular complexity index is 1180. The van der Waals surface area contributed by atoms with Gasteiger partial charge in [-0.15, -0.1) is 0 Å². The van der Waals surface area contributed by atoms with Crippen molar-refractivity contribution in [2.75, 3.05) is 0 Å². The number of aromatic hydroxyl groups is 1. The molecule has 2 aromatic carbocycles. The molecule has 0 amide bonds. The van der Waals surface area contributed by atoms with Gasteiger partial charge in [-0.25, -0.2) is 0 Å². The second kappa shape index (κ2) is 7.57. The number of nitrogens with zero attached hydrogens (tertiary/aromatic N) is 2. The first kappa shape index (κ1) is 19.2. The molecule has 8 heteroatoms. The molecule has 0 saturated heterocycles. The molecule has 27 heavy (non-hydrogen) atoms. The first-order valence-corrected chi connectivity index (χ1v) is 9.02. The zero-order valence-electron chi connectivity index (χ0n) is 13.4. The van der Waals surface area contributed by atoms with Gasteiger partial charge < -0.3 is 5.11 Å². The van der Waals surface area contributed by atoms with Crippen LogP contribution in [0.1, 0.15) is 21.5 Å². The van der Waals surface area contributed by atoms with Crippen LogP contribution in [0.2, 0.25) is 10.0 Å². The standard InChI is InChI=1S/C19H9BrCl2N2O3/c20-12-1-4-17(25)14(6-12)18(26)11-5-10(8-23)19(27)24(9-11)16-3-2-13(21)7-15(16)22/h1-7,9,25H. The van der Waals surface area contributed by atoms with E-state index in [2.05, 4.69) is 15.9 Å². The molecule has 1 heterocycles. The molecular weight excluding hydrogens is 455 g/mol. The lowest BCUT2D eigenvalue weighted by Crippen LogP contribution is -2.23. The number of halogens is 3. The summed E-state index contributed by atoms with van der Waals surface area (Å²) < 4.78 is 1.71. The van der Waals surface area contributed by atoms with Gasteiger partial charge >= 0.3 is 0 Å². The summed E-state index contributed by atoms with van der Waals surface area (Å²) >= 11 is 15.3. The van der Waals surface area contributed by atoms with Crippen LogP contribution in [0.15, 0.2) is 57.9 Å². The van der Waals surface area contributed by atoms with Gasteiger partial charge in [-0.3, -0.25) is 14.2 Å². The van der Waals surface area contributed by atoms with E-state index in [0.29, 0.717) is 9.50 Å². The first-order chi connectivity index (χ1) is 12.8. The van der Waals surface area contributed by atoms with E-state index in [1.54, 1.807) is 12.1 Å². The first-order valence-electron chi connectivity index (χ1n) is 7.47. The zero-order valence-corrected chi connectivity index (χ0v) is 16.5. The molecule has 1 N–H and O–H groups in total. The molecule has 0 aliphatic heterocycles. The Labute approximate surface area is 172 Å². The highest BCUT2D eigenvalue weighted by Gasteiger charge is 2.19. The fraction of sp³-hybridized carbons (Fsp3) is 0. The van der Waals surface area contributed by atoms with Gasteiger partial charge in [0.1, 0.15) is 17.4 Å². The largest absolute Gasteiger partial charge is 0.507 e. The molecule has 134 valence electrons. The average Bonchev–Trinajstić information content (AvgIpc) is 2.64. The van der Waals surface area contributed by atoms with Crippen molar-refractivity contribution >= 4 is 44.9 Å². The van der Waals surface area contributed by atoms with Gasteiger partial charge in [0.25, 0.3) is 5.56 Å². The van der Waals surface area contributed by atoms with Crippen molar-refractivity contribution in [1.82, 2.24) is 4.57 Å². The van der Waals surface area contributed by atoms with Crippen LogP contribution in [0, 0.1) is 11.3 Å². The lowest BCUT2D eigenvalue weighted by atomic mass is 10.0. The number of hydrogen-bond donors (Lipinski definition) is 1. The Hall–Kier alpha value is -2.59. The molecule has 0 fully saturated rings. The maximum absolute atomic E-state index is 12.9. The zero-order chi connectivity index (χ0) is 19.7. The van der Waals surface area contributed by atoms with Crippen LogP contribution in [0.5, 0.6) is 5.75 Å². The van der Waals surface area contributed by atoms with Gasteiger partial charge in [0, 0.05) is 21.3 Å². The number of nitriles is 1. The van der Waals surface area contributed by atoms with Crippen LogP contribution in [-0.2, 0) is 0 Å². The fourth-order valence-electron chi connectivity index (χ4n) is 2.49. The maximum Gasteiger partial charge on any atom is 0.273 e. The SMILES string of the molecule is N#Cc1cc(C(=O)c2cc(Br)ccc2O)cn(-c2ccc(Cl)cc2Cl)c1=O. The van der Waals surface area contributed by atoms with Crippen LogP contribution in [-0.4, -0.2) is 15.5 Å². The highest BCUT2D eigenvalue weighted by atomic mass is 79.9. The highest BCUT2D eigenvalue weighted by molar-refractivity contribution is 9.10. The third-order valence-corrected chi connectivity index (χ3v) is 4.80. The summed E-state index contributed by atoms with van der Waals surface area (Å²) in [5.74, 6) is -0.770. The van der Waals surface area contributed by atoms with Gasteiger partial charge in [0.15, 0.2) is 5.78 Å². The Morgan fingerprint density at radius 3 is 2.56 bits per heavy atom. The Morgan fingerprint density at radius 1 is 1.15 bits per heavy atom. The molecule has 1 aromatic heterocycles. The molecule has 5 nitrogen and oxygen atoms in total. The van der Waals surface area contributed by atoms with Crippen molar-refractivity contribution in [3.63, 3.8) is 0 Å². The summed E-state index contributed by atoms with van der Waals surface area (Å²) in [6.45, 7) is 0. The van der Waals surface area contributed by atoms with E-state index in [1.807, 2.05) is 0 Å². The average molecular weight is 464 g/mol. The van der Waals surface area contributed by atoms with Gasteiger partial charge in [0.2, 0.25) is 0 Å². The molecule has 0 aliphatic rings.